The number of halogens is 3. The molecule has 0 unspecified atom stereocenters. The largest absolute Gasteiger partial charge is 0.322 e. The molecule has 0 aliphatic rings. The number of nitrogens with zero attached hydrogens (tertiary/aromatic N) is 3. The first-order valence-corrected chi connectivity index (χ1v) is 8.01. The van der Waals surface area contributed by atoms with E-state index in [-0.39, 0.29) is 26.6 Å². The van der Waals surface area contributed by atoms with E-state index in [9.17, 15) is 25.0 Å². The molecule has 0 radical (unpaired) electrons. The van der Waals surface area contributed by atoms with Crippen LogP contribution in [0.2, 0.25) is 5.15 Å². The van der Waals surface area contributed by atoms with Crippen LogP contribution in [0.15, 0.2) is 26.1 Å². The van der Waals surface area contributed by atoms with Gasteiger partial charge in [0.2, 0.25) is 0 Å². The van der Waals surface area contributed by atoms with Gasteiger partial charge in [-0.25, -0.2) is 4.98 Å². The van der Waals surface area contributed by atoms with Crippen molar-refractivity contribution < 1.29 is 9.85 Å². The number of aromatic nitrogens is 2. The fourth-order valence-corrected chi connectivity index (χ4v) is 2.31. The summed E-state index contributed by atoms with van der Waals surface area (Å²) >= 11 is 11.7. The van der Waals surface area contributed by atoms with Gasteiger partial charge in [0.1, 0.15) is 11.3 Å². The van der Waals surface area contributed by atoms with Crippen LogP contribution in [0.25, 0.3) is 0 Å². The van der Waals surface area contributed by atoms with Gasteiger partial charge < -0.3 is 4.98 Å². The molecule has 0 aliphatic carbocycles. The van der Waals surface area contributed by atoms with Gasteiger partial charge >= 0.3 is 0 Å². The van der Waals surface area contributed by atoms with Crippen molar-refractivity contribution in [2.24, 2.45) is 0 Å². The van der Waals surface area contributed by atoms with Crippen LogP contribution in [0.1, 0.15) is 11.1 Å². The summed E-state index contributed by atoms with van der Waals surface area (Å²) in [5, 5.41) is 21.0. The molecule has 0 amide bonds. The molecule has 0 aliphatic heterocycles. The van der Waals surface area contributed by atoms with Gasteiger partial charge in [0, 0.05) is 11.1 Å². The number of nitrogens with one attached hydrogen (secondary N) is 1. The van der Waals surface area contributed by atoms with E-state index in [0.29, 0.717) is 15.6 Å². The molecule has 2 aromatic rings. The summed E-state index contributed by atoms with van der Waals surface area (Å²) in [4.78, 5) is 36.5. The molecule has 0 saturated carbocycles. The highest BCUT2D eigenvalue weighted by Gasteiger charge is 2.16. The molecule has 0 bridgehead atoms. The fourth-order valence-electron chi connectivity index (χ4n) is 1.50. The normalized spacial score (nSPS) is 9.88. The molecule has 0 saturated heterocycles. The average molecular weight is 484 g/mol. The lowest BCUT2D eigenvalue weighted by Crippen LogP contribution is -2.09. The van der Waals surface area contributed by atoms with Crippen molar-refractivity contribution in [2.45, 2.75) is 13.8 Å². The van der Waals surface area contributed by atoms with Crippen molar-refractivity contribution in [1.82, 2.24) is 9.97 Å². The average Bonchev–Trinajstić information content (AvgIpc) is 2.50. The zero-order chi connectivity index (χ0) is 18.6. The highest BCUT2D eigenvalue weighted by atomic mass is 79.9. The topological polar surface area (TPSA) is 132 Å². The lowest BCUT2D eigenvalue weighted by Gasteiger charge is -1.99. The number of aromatic amines is 1. The maximum absolute atomic E-state index is 10.9. The number of hydrogen-bond acceptors (Lipinski definition) is 6. The molecule has 2 rings (SSSR count). The molecule has 0 fully saturated rings. The number of pyridine rings is 2. The number of rotatable bonds is 2. The molecule has 128 valence electrons. The van der Waals surface area contributed by atoms with E-state index < -0.39 is 9.85 Å². The standard InChI is InChI=1S/C6H4BrClN2O2.C6H5BrN2O3/c1-3-4(10(11)12)2-9-6(8)5(3)7;1-3-4(9(11)12)2-8-6(10)5(3)7/h2H,1H3;2H,1H3,(H,8,10). The van der Waals surface area contributed by atoms with Crippen molar-refractivity contribution in [1.29, 1.82) is 0 Å². The molecule has 0 spiro atoms. The molecule has 24 heavy (non-hydrogen) atoms. The highest BCUT2D eigenvalue weighted by Crippen LogP contribution is 2.29. The van der Waals surface area contributed by atoms with Gasteiger partial charge in [-0.1, -0.05) is 11.6 Å². The Morgan fingerprint density at radius 1 is 1.08 bits per heavy atom. The number of H-pyrrole nitrogens is 1. The van der Waals surface area contributed by atoms with E-state index in [2.05, 4.69) is 41.8 Å². The van der Waals surface area contributed by atoms with E-state index in [4.69, 9.17) is 11.6 Å². The minimum atomic E-state index is -0.546. The first-order valence-electron chi connectivity index (χ1n) is 6.05. The lowest BCUT2D eigenvalue weighted by atomic mass is 10.2. The summed E-state index contributed by atoms with van der Waals surface area (Å²) < 4.78 is 0.676. The van der Waals surface area contributed by atoms with Crippen LogP contribution in [0, 0.1) is 34.1 Å². The molecule has 2 aromatic heterocycles. The van der Waals surface area contributed by atoms with Crippen LogP contribution in [-0.2, 0) is 0 Å². The molecule has 12 heteroatoms. The predicted octanol–water partition coefficient (Wildman–Crippen LogP) is 4.07. The van der Waals surface area contributed by atoms with Crippen molar-refractivity contribution in [2.75, 3.05) is 0 Å². The Labute approximate surface area is 156 Å². The second kappa shape index (κ2) is 8.31. The first kappa shape index (κ1) is 20.2. The van der Waals surface area contributed by atoms with E-state index in [1.54, 1.807) is 6.92 Å². The van der Waals surface area contributed by atoms with Crippen LogP contribution in [0.3, 0.4) is 0 Å². The Kier molecular flexibility index (Phi) is 6.99. The van der Waals surface area contributed by atoms with E-state index in [1.807, 2.05) is 0 Å². The maximum atomic E-state index is 10.9. The quantitative estimate of drug-likeness (QED) is 0.388. The SMILES string of the molecule is Cc1c([N+](=O)[O-])c[nH]c(=O)c1Br.Cc1c([N+](=O)[O-])cnc(Cl)c1Br. The third kappa shape index (κ3) is 4.58. The van der Waals surface area contributed by atoms with Crippen LogP contribution in [0.4, 0.5) is 11.4 Å². The van der Waals surface area contributed by atoms with Gasteiger partial charge in [-0.05, 0) is 45.7 Å². The van der Waals surface area contributed by atoms with E-state index in [1.165, 1.54) is 6.92 Å². The molecule has 0 aromatic carbocycles. The summed E-state index contributed by atoms with van der Waals surface area (Å²) in [6.45, 7) is 3.12. The van der Waals surface area contributed by atoms with Crippen LogP contribution >= 0.6 is 43.5 Å². The van der Waals surface area contributed by atoms with Crippen molar-refractivity contribution in [3.8, 4) is 0 Å². The van der Waals surface area contributed by atoms with Gasteiger partial charge in [0.25, 0.3) is 16.9 Å². The zero-order valence-corrected chi connectivity index (χ0v) is 16.1. The van der Waals surface area contributed by atoms with Crippen LogP contribution < -0.4 is 5.56 Å². The van der Waals surface area contributed by atoms with Gasteiger partial charge in [-0.3, -0.25) is 25.0 Å². The van der Waals surface area contributed by atoms with Gasteiger partial charge in [-0.2, -0.15) is 0 Å². The van der Waals surface area contributed by atoms with Gasteiger partial charge in [0.05, 0.1) is 25.0 Å². The zero-order valence-electron chi connectivity index (χ0n) is 12.2. The smallest absolute Gasteiger partial charge is 0.291 e. The monoisotopic (exact) mass is 482 g/mol. The lowest BCUT2D eigenvalue weighted by molar-refractivity contribution is -0.385. The summed E-state index contributed by atoms with van der Waals surface area (Å²) in [7, 11) is 0. The molecule has 2 heterocycles. The van der Waals surface area contributed by atoms with Crippen molar-refractivity contribution in [3.63, 3.8) is 0 Å². The summed E-state index contributed by atoms with van der Waals surface area (Å²) in [6, 6.07) is 0. The predicted molar refractivity (Wildman–Crippen MR) is 94.5 cm³/mol. The Morgan fingerprint density at radius 2 is 1.58 bits per heavy atom. The second-order valence-corrected chi connectivity index (χ2v) is 6.27. The summed E-state index contributed by atoms with van der Waals surface area (Å²) in [6.07, 6.45) is 2.23. The molecule has 0 atom stereocenters. The number of hydrogen-bond donors (Lipinski definition) is 1. The van der Waals surface area contributed by atoms with Gasteiger partial charge in [-0.15, -0.1) is 0 Å². The minimum absolute atomic E-state index is 0.0359. The van der Waals surface area contributed by atoms with E-state index in [0.717, 1.165) is 12.4 Å². The Hall–Kier alpha value is -1.85. The third-order valence-corrected chi connectivity index (χ3v) is 5.28. The molecule has 9 nitrogen and oxygen atoms in total. The Bertz CT molecular complexity index is 871. The van der Waals surface area contributed by atoms with Crippen molar-refractivity contribution in [3.05, 3.63) is 68.2 Å². The Morgan fingerprint density at radius 3 is 2.08 bits per heavy atom. The van der Waals surface area contributed by atoms with Crippen LogP contribution in [-0.4, -0.2) is 19.8 Å². The van der Waals surface area contributed by atoms with Crippen LogP contribution in [0.5, 0.6) is 0 Å². The fraction of sp³-hybridized carbons (Fsp3) is 0.167. The molecular formula is C12H9Br2ClN4O5. The Balaban J connectivity index is 0.000000240. The first-order chi connectivity index (χ1) is 11.1. The van der Waals surface area contributed by atoms with E-state index >= 15 is 0 Å². The second-order valence-electron chi connectivity index (χ2n) is 4.33. The minimum Gasteiger partial charge on any atom is -0.322 e. The maximum Gasteiger partial charge on any atom is 0.291 e. The molecular weight excluding hydrogens is 475 g/mol. The third-order valence-electron chi connectivity index (χ3n) is 2.84. The van der Waals surface area contributed by atoms with Crippen molar-refractivity contribution >= 4 is 54.8 Å². The summed E-state index contributed by atoms with van der Waals surface area (Å²) in [5.41, 5.74) is 0.328. The molecule has 1 N–H and O–H groups in total. The summed E-state index contributed by atoms with van der Waals surface area (Å²) in [5.74, 6) is 0. The number of nitro groups is 2. The van der Waals surface area contributed by atoms with Gasteiger partial charge in [0.15, 0.2) is 0 Å². The highest BCUT2D eigenvalue weighted by molar-refractivity contribution is 9.10.